The largest absolute Gasteiger partial charge is 0.388 e. The monoisotopic (exact) mass is 229 g/mol. The molecular formula is C14H19N3. The van der Waals surface area contributed by atoms with Gasteiger partial charge in [0.25, 0.3) is 0 Å². The first-order chi connectivity index (χ1) is 8.19. The number of hydrogen-bond acceptors (Lipinski definition) is 3. The van der Waals surface area contributed by atoms with Gasteiger partial charge >= 0.3 is 0 Å². The predicted molar refractivity (Wildman–Crippen MR) is 74.3 cm³/mol. The Morgan fingerprint density at radius 2 is 2.00 bits per heavy atom. The molecule has 0 heterocycles. The quantitative estimate of drug-likeness (QED) is 0.746. The molecule has 0 amide bonds. The molecule has 1 unspecified atom stereocenters. The SMILES string of the molecule is CNc1ccc(C2(N)C=CC=CC2)c(NC)c1. The summed E-state index contributed by atoms with van der Waals surface area (Å²) in [5.41, 5.74) is 9.32. The smallest absolute Gasteiger partial charge is 0.0653 e. The van der Waals surface area contributed by atoms with Gasteiger partial charge in [-0.1, -0.05) is 30.4 Å². The van der Waals surface area contributed by atoms with Crippen molar-refractivity contribution < 1.29 is 0 Å². The molecule has 1 aromatic carbocycles. The van der Waals surface area contributed by atoms with Gasteiger partial charge in [0.2, 0.25) is 0 Å². The van der Waals surface area contributed by atoms with Crippen molar-refractivity contribution >= 4 is 11.4 Å². The number of benzene rings is 1. The van der Waals surface area contributed by atoms with Crippen LogP contribution in [-0.2, 0) is 5.54 Å². The molecule has 0 radical (unpaired) electrons. The minimum Gasteiger partial charge on any atom is -0.388 e. The van der Waals surface area contributed by atoms with Gasteiger partial charge in [0.1, 0.15) is 0 Å². The number of nitrogens with one attached hydrogen (secondary N) is 2. The third kappa shape index (κ3) is 2.19. The Labute approximate surface area is 102 Å². The Hall–Kier alpha value is -1.74. The van der Waals surface area contributed by atoms with Crippen LogP contribution in [0.2, 0.25) is 0 Å². The van der Waals surface area contributed by atoms with Crippen molar-refractivity contribution in [3.8, 4) is 0 Å². The average molecular weight is 229 g/mol. The zero-order chi connectivity index (χ0) is 12.3. The predicted octanol–water partition coefficient (Wildman–Crippen LogP) is 2.44. The Kier molecular flexibility index (Phi) is 3.20. The standard InChI is InChI=1S/C14H19N3/c1-16-11-6-7-12(13(10-11)17-2)14(15)8-4-3-5-9-14/h3-8,10,16-17H,9,15H2,1-2H3. The summed E-state index contributed by atoms with van der Waals surface area (Å²) in [4.78, 5) is 0. The number of allylic oxidation sites excluding steroid dienone is 2. The van der Waals surface area contributed by atoms with Crippen molar-refractivity contribution in [3.63, 3.8) is 0 Å². The third-order valence-corrected chi connectivity index (χ3v) is 3.18. The van der Waals surface area contributed by atoms with E-state index in [0.717, 1.165) is 23.4 Å². The van der Waals surface area contributed by atoms with Crippen molar-refractivity contribution in [2.24, 2.45) is 5.73 Å². The Morgan fingerprint density at radius 3 is 2.59 bits per heavy atom. The second kappa shape index (κ2) is 4.63. The van der Waals surface area contributed by atoms with Crippen LogP contribution in [-0.4, -0.2) is 14.1 Å². The van der Waals surface area contributed by atoms with E-state index >= 15 is 0 Å². The van der Waals surface area contributed by atoms with Crippen LogP contribution in [0.25, 0.3) is 0 Å². The average Bonchev–Trinajstić information content (AvgIpc) is 2.38. The lowest BCUT2D eigenvalue weighted by atomic mass is 9.84. The van der Waals surface area contributed by atoms with Crippen LogP contribution in [0.4, 0.5) is 11.4 Å². The molecular weight excluding hydrogens is 210 g/mol. The second-order valence-corrected chi connectivity index (χ2v) is 4.29. The molecule has 0 saturated carbocycles. The van der Waals surface area contributed by atoms with Crippen LogP contribution in [0.5, 0.6) is 0 Å². The number of rotatable bonds is 3. The van der Waals surface area contributed by atoms with Gasteiger partial charge in [-0.15, -0.1) is 0 Å². The van der Waals surface area contributed by atoms with Crippen LogP contribution in [0.15, 0.2) is 42.5 Å². The molecule has 17 heavy (non-hydrogen) atoms. The van der Waals surface area contributed by atoms with Crippen LogP contribution in [0.1, 0.15) is 12.0 Å². The zero-order valence-corrected chi connectivity index (χ0v) is 10.3. The van der Waals surface area contributed by atoms with E-state index in [9.17, 15) is 0 Å². The van der Waals surface area contributed by atoms with E-state index in [2.05, 4.69) is 41.0 Å². The van der Waals surface area contributed by atoms with E-state index < -0.39 is 5.54 Å². The van der Waals surface area contributed by atoms with Crippen LogP contribution < -0.4 is 16.4 Å². The molecule has 1 aromatic rings. The summed E-state index contributed by atoms with van der Waals surface area (Å²) in [6, 6.07) is 6.22. The summed E-state index contributed by atoms with van der Waals surface area (Å²) in [7, 11) is 3.83. The normalized spacial score (nSPS) is 22.5. The molecule has 0 spiro atoms. The fraction of sp³-hybridized carbons (Fsp3) is 0.286. The summed E-state index contributed by atoms with van der Waals surface area (Å²) in [6.45, 7) is 0. The highest BCUT2D eigenvalue weighted by atomic mass is 14.9. The number of hydrogen-bond donors (Lipinski definition) is 3. The molecule has 90 valence electrons. The first-order valence-corrected chi connectivity index (χ1v) is 5.83. The van der Waals surface area contributed by atoms with E-state index in [1.807, 2.05) is 26.2 Å². The van der Waals surface area contributed by atoms with E-state index in [4.69, 9.17) is 5.73 Å². The maximum atomic E-state index is 6.45. The Morgan fingerprint density at radius 1 is 1.18 bits per heavy atom. The molecule has 1 aliphatic rings. The number of nitrogens with two attached hydrogens (primary N) is 1. The minimum atomic E-state index is -0.403. The molecule has 0 saturated heterocycles. The fourth-order valence-electron chi connectivity index (χ4n) is 2.15. The van der Waals surface area contributed by atoms with Gasteiger partial charge in [0.05, 0.1) is 5.54 Å². The molecule has 3 heteroatoms. The lowest BCUT2D eigenvalue weighted by molar-refractivity contribution is 0.567. The molecule has 1 aliphatic carbocycles. The van der Waals surface area contributed by atoms with E-state index in [0.29, 0.717) is 0 Å². The lowest BCUT2D eigenvalue weighted by Crippen LogP contribution is -2.35. The van der Waals surface area contributed by atoms with E-state index in [1.54, 1.807) is 0 Å². The van der Waals surface area contributed by atoms with Gasteiger partial charge in [-0.2, -0.15) is 0 Å². The van der Waals surface area contributed by atoms with Crippen molar-refractivity contribution in [1.82, 2.24) is 0 Å². The molecule has 0 fully saturated rings. The fourth-order valence-corrected chi connectivity index (χ4v) is 2.15. The summed E-state index contributed by atoms with van der Waals surface area (Å²) in [5, 5.41) is 6.35. The molecule has 2 rings (SSSR count). The minimum absolute atomic E-state index is 0.403. The summed E-state index contributed by atoms with van der Waals surface area (Å²) in [5.74, 6) is 0. The summed E-state index contributed by atoms with van der Waals surface area (Å²) in [6.07, 6.45) is 9.03. The van der Waals surface area contributed by atoms with E-state index in [-0.39, 0.29) is 0 Å². The zero-order valence-electron chi connectivity index (χ0n) is 10.3. The van der Waals surface area contributed by atoms with Crippen molar-refractivity contribution in [2.45, 2.75) is 12.0 Å². The molecule has 0 aliphatic heterocycles. The topological polar surface area (TPSA) is 50.1 Å². The molecule has 3 nitrogen and oxygen atoms in total. The van der Waals surface area contributed by atoms with Crippen molar-refractivity contribution in [1.29, 1.82) is 0 Å². The first-order valence-electron chi connectivity index (χ1n) is 5.83. The highest BCUT2D eigenvalue weighted by Crippen LogP contribution is 2.33. The highest BCUT2D eigenvalue weighted by molar-refractivity contribution is 5.64. The van der Waals surface area contributed by atoms with Gasteiger partial charge < -0.3 is 16.4 Å². The van der Waals surface area contributed by atoms with Gasteiger partial charge in [-0.3, -0.25) is 0 Å². The molecule has 1 atom stereocenters. The van der Waals surface area contributed by atoms with Crippen molar-refractivity contribution in [2.75, 3.05) is 24.7 Å². The van der Waals surface area contributed by atoms with Crippen LogP contribution >= 0.6 is 0 Å². The van der Waals surface area contributed by atoms with Gasteiger partial charge in [-0.05, 0) is 24.1 Å². The van der Waals surface area contributed by atoms with Gasteiger partial charge in [-0.25, -0.2) is 0 Å². The molecule has 4 N–H and O–H groups in total. The van der Waals surface area contributed by atoms with Crippen LogP contribution in [0.3, 0.4) is 0 Å². The third-order valence-electron chi connectivity index (χ3n) is 3.18. The molecule has 0 bridgehead atoms. The first kappa shape index (κ1) is 11.7. The Bertz CT molecular complexity index is 463. The van der Waals surface area contributed by atoms with Crippen molar-refractivity contribution in [3.05, 3.63) is 48.1 Å². The van der Waals surface area contributed by atoms with Crippen LogP contribution in [0, 0.1) is 0 Å². The maximum absolute atomic E-state index is 6.45. The lowest BCUT2D eigenvalue weighted by Gasteiger charge is -2.29. The second-order valence-electron chi connectivity index (χ2n) is 4.29. The number of anilines is 2. The van der Waals surface area contributed by atoms with Gasteiger partial charge in [0, 0.05) is 25.5 Å². The Balaban J connectivity index is 2.44. The maximum Gasteiger partial charge on any atom is 0.0653 e. The molecule has 0 aromatic heterocycles. The highest BCUT2D eigenvalue weighted by Gasteiger charge is 2.26. The summed E-state index contributed by atoms with van der Waals surface area (Å²) >= 11 is 0. The summed E-state index contributed by atoms with van der Waals surface area (Å²) < 4.78 is 0. The van der Waals surface area contributed by atoms with Gasteiger partial charge in [0.15, 0.2) is 0 Å². The van der Waals surface area contributed by atoms with E-state index in [1.165, 1.54) is 0 Å².